The minimum Gasteiger partial charge on any atom is -0.462 e. The molecule has 4 aromatic rings. The number of hydrogen-bond acceptors (Lipinski definition) is 7. The highest BCUT2D eigenvalue weighted by molar-refractivity contribution is 7.18. The first-order valence-electron chi connectivity index (χ1n) is 9.04. The smallest absolute Gasteiger partial charge is 0.341 e. The first kappa shape index (κ1) is 18.4. The summed E-state index contributed by atoms with van der Waals surface area (Å²) in [5.74, 6) is -0.383. The molecule has 0 saturated carbocycles. The molecule has 7 nitrogen and oxygen atoms in total. The number of anilines is 1. The fourth-order valence-electron chi connectivity index (χ4n) is 3.42. The minimum atomic E-state index is -0.383. The Morgan fingerprint density at radius 1 is 1.32 bits per heavy atom. The lowest BCUT2D eigenvalue weighted by Gasteiger charge is -2.22. The summed E-state index contributed by atoms with van der Waals surface area (Å²) in [5.41, 5.74) is 3.75. The van der Waals surface area contributed by atoms with Crippen LogP contribution in [-0.4, -0.2) is 39.4 Å². The molecule has 0 bridgehead atoms. The van der Waals surface area contributed by atoms with Crippen LogP contribution < -0.4 is 4.90 Å². The van der Waals surface area contributed by atoms with E-state index in [1.807, 2.05) is 44.1 Å². The Labute approximate surface area is 166 Å². The van der Waals surface area contributed by atoms with Gasteiger partial charge in [0.1, 0.15) is 10.6 Å². The number of aryl methyl sites for hydroxylation is 2. The lowest BCUT2D eigenvalue weighted by atomic mass is 10.1. The Balaban J connectivity index is 1.82. The van der Waals surface area contributed by atoms with E-state index in [4.69, 9.17) is 9.72 Å². The van der Waals surface area contributed by atoms with Gasteiger partial charge in [0, 0.05) is 20.3 Å². The normalized spacial score (nSPS) is 11.3. The topological polar surface area (TPSA) is 73.1 Å². The quantitative estimate of drug-likeness (QED) is 0.480. The number of benzene rings is 1. The molecular formula is C20H21N5O2S. The molecule has 0 amide bonds. The number of fused-ring (bicyclic) bond motifs is 2. The second-order valence-electron chi connectivity index (χ2n) is 6.58. The van der Waals surface area contributed by atoms with Gasteiger partial charge in [-0.15, -0.1) is 11.3 Å². The molecule has 0 aliphatic carbocycles. The van der Waals surface area contributed by atoms with Crippen molar-refractivity contribution in [3.63, 3.8) is 0 Å². The highest BCUT2D eigenvalue weighted by Crippen LogP contribution is 2.33. The van der Waals surface area contributed by atoms with Gasteiger partial charge in [0.2, 0.25) is 0 Å². The van der Waals surface area contributed by atoms with Crippen LogP contribution in [0.15, 0.2) is 30.5 Å². The zero-order valence-electron chi connectivity index (χ0n) is 16.3. The molecule has 144 valence electrons. The fraction of sp³-hybridized carbons (Fsp3) is 0.300. The maximum absolute atomic E-state index is 12.6. The molecule has 0 N–H and O–H groups in total. The lowest BCUT2D eigenvalue weighted by molar-refractivity contribution is 0.0527. The van der Waals surface area contributed by atoms with Gasteiger partial charge >= 0.3 is 5.97 Å². The number of aromatic nitrogens is 4. The highest BCUT2D eigenvalue weighted by Gasteiger charge is 2.24. The molecule has 0 radical (unpaired) electrons. The molecule has 0 aliphatic rings. The van der Waals surface area contributed by atoms with Crippen molar-refractivity contribution >= 4 is 44.2 Å². The fourth-order valence-corrected chi connectivity index (χ4v) is 4.44. The van der Waals surface area contributed by atoms with Crippen molar-refractivity contribution in [2.24, 2.45) is 7.05 Å². The zero-order valence-corrected chi connectivity index (χ0v) is 17.1. The molecule has 0 unspecified atom stereocenters. The monoisotopic (exact) mass is 395 g/mol. The van der Waals surface area contributed by atoms with Gasteiger partial charge in [-0.25, -0.2) is 14.8 Å². The van der Waals surface area contributed by atoms with Crippen LogP contribution in [0.4, 0.5) is 5.69 Å². The Kier molecular flexibility index (Phi) is 4.72. The van der Waals surface area contributed by atoms with Crippen LogP contribution >= 0.6 is 11.3 Å². The Bertz CT molecular complexity index is 1150. The van der Waals surface area contributed by atoms with Crippen LogP contribution in [0, 0.1) is 6.92 Å². The lowest BCUT2D eigenvalue weighted by Crippen LogP contribution is -2.21. The van der Waals surface area contributed by atoms with Crippen LogP contribution in [0.2, 0.25) is 0 Å². The number of pyridine rings is 1. The van der Waals surface area contributed by atoms with Crippen LogP contribution in [0.1, 0.15) is 28.0 Å². The van der Waals surface area contributed by atoms with Crippen molar-refractivity contribution in [3.05, 3.63) is 46.7 Å². The number of thiazole rings is 1. The van der Waals surface area contributed by atoms with Gasteiger partial charge in [0.15, 0.2) is 5.65 Å². The summed E-state index contributed by atoms with van der Waals surface area (Å²) in [4.78, 5) is 23.8. The van der Waals surface area contributed by atoms with Crippen LogP contribution in [0.5, 0.6) is 0 Å². The Hall–Kier alpha value is -3.00. The number of esters is 1. The van der Waals surface area contributed by atoms with Crippen LogP contribution in [-0.2, 0) is 18.3 Å². The van der Waals surface area contributed by atoms with Gasteiger partial charge in [-0.05, 0) is 26.0 Å². The van der Waals surface area contributed by atoms with E-state index in [0.717, 1.165) is 37.6 Å². The molecule has 0 spiro atoms. The van der Waals surface area contributed by atoms with E-state index in [1.165, 1.54) is 0 Å². The van der Waals surface area contributed by atoms with Gasteiger partial charge in [-0.3, -0.25) is 4.68 Å². The van der Waals surface area contributed by atoms with E-state index in [1.54, 1.807) is 29.1 Å². The second-order valence-corrected chi connectivity index (χ2v) is 7.70. The third-order valence-electron chi connectivity index (χ3n) is 4.59. The average molecular weight is 395 g/mol. The van der Waals surface area contributed by atoms with E-state index in [9.17, 15) is 4.79 Å². The molecule has 0 saturated heterocycles. The molecule has 3 heterocycles. The van der Waals surface area contributed by atoms with Gasteiger partial charge in [-0.2, -0.15) is 5.10 Å². The maximum Gasteiger partial charge on any atom is 0.341 e. The number of ether oxygens (including phenoxy) is 1. The summed E-state index contributed by atoms with van der Waals surface area (Å²) in [6.45, 7) is 4.60. The third kappa shape index (κ3) is 3.09. The van der Waals surface area contributed by atoms with Crippen molar-refractivity contribution in [1.29, 1.82) is 0 Å². The minimum absolute atomic E-state index is 0.309. The predicted molar refractivity (Wildman–Crippen MR) is 111 cm³/mol. The molecule has 1 aromatic carbocycles. The molecular weight excluding hydrogens is 374 g/mol. The molecule has 4 rings (SSSR count). The second kappa shape index (κ2) is 7.20. The highest BCUT2D eigenvalue weighted by atomic mass is 32.1. The van der Waals surface area contributed by atoms with E-state index in [0.29, 0.717) is 18.7 Å². The van der Waals surface area contributed by atoms with E-state index < -0.39 is 0 Å². The first-order valence-corrected chi connectivity index (χ1v) is 9.86. The summed E-state index contributed by atoms with van der Waals surface area (Å²) < 4.78 is 8.14. The number of carbonyl (C=O) groups excluding carboxylic acids is 1. The van der Waals surface area contributed by atoms with E-state index in [-0.39, 0.29) is 5.97 Å². The van der Waals surface area contributed by atoms with Crippen molar-refractivity contribution in [1.82, 2.24) is 19.7 Å². The number of hydrogen-bond donors (Lipinski definition) is 0. The standard InChI is InChI=1S/C20H21N5O2S/c1-5-27-20(26)13-10-21-19-17(12(2)23-25(19)4)18(13)24(3)11-16-22-14-8-6-7-9-15(14)28-16/h6-10H,5,11H2,1-4H3. The van der Waals surface area contributed by atoms with Crippen molar-refractivity contribution in [2.75, 3.05) is 18.6 Å². The first-order chi connectivity index (χ1) is 13.5. The van der Waals surface area contributed by atoms with Crippen molar-refractivity contribution in [3.8, 4) is 0 Å². The summed E-state index contributed by atoms with van der Waals surface area (Å²) in [7, 11) is 3.81. The number of rotatable bonds is 5. The van der Waals surface area contributed by atoms with Gasteiger partial charge < -0.3 is 9.64 Å². The van der Waals surface area contributed by atoms with E-state index in [2.05, 4.69) is 16.1 Å². The summed E-state index contributed by atoms with van der Waals surface area (Å²) in [6.07, 6.45) is 1.58. The maximum atomic E-state index is 12.6. The molecule has 3 aromatic heterocycles. The van der Waals surface area contributed by atoms with Crippen molar-refractivity contribution in [2.45, 2.75) is 20.4 Å². The summed E-state index contributed by atoms with van der Waals surface area (Å²) >= 11 is 1.65. The molecule has 0 aliphatic heterocycles. The number of carbonyl (C=O) groups is 1. The summed E-state index contributed by atoms with van der Waals surface area (Å²) in [6, 6.07) is 8.07. The van der Waals surface area contributed by atoms with Crippen LogP contribution in [0.25, 0.3) is 21.3 Å². The van der Waals surface area contributed by atoms with Crippen molar-refractivity contribution < 1.29 is 9.53 Å². The Morgan fingerprint density at radius 3 is 2.86 bits per heavy atom. The van der Waals surface area contributed by atoms with E-state index >= 15 is 0 Å². The molecule has 28 heavy (non-hydrogen) atoms. The molecule has 8 heteroatoms. The number of para-hydroxylation sites is 1. The van der Waals surface area contributed by atoms with Crippen LogP contribution in [0.3, 0.4) is 0 Å². The average Bonchev–Trinajstić information content (AvgIpc) is 3.21. The zero-order chi connectivity index (χ0) is 19.8. The largest absolute Gasteiger partial charge is 0.462 e. The van der Waals surface area contributed by atoms with Gasteiger partial charge in [0.05, 0.1) is 40.1 Å². The SMILES string of the molecule is CCOC(=O)c1cnc2c(c(C)nn2C)c1N(C)Cc1nc2ccccc2s1. The third-order valence-corrected chi connectivity index (χ3v) is 5.61. The van der Waals surface area contributed by atoms with Gasteiger partial charge in [-0.1, -0.05) is 12.1 Å². The molecule has 0 fully saturated rings. The summed E-state index contributed by atoms with van der Waals surface area (Å²) in [5, 5.41) is 6.32. The predicted octanol–water partition coefficient (Wildman–Crippen LogP) is 3.70. The van der Waals surface area contributed by atoms with Gasteiger partial charge in [0.25, 0.3) is 0 Å². The Morgan fingerprint density at radius 2 is 2.11 bits per heavy atom. The molecule has 0 atom stereocenters. The number of nitrogens with zero attached hydrogens (tertiary/aromatic N) is 5.